The smallest absolute Gasteiger partial charge is 0.293 e. The molecule has 2 aliphatic rings. The third-order valence-electron chi connectivity index (χ3n) is 10.1. The van der Waals surface area contributed by atoms with Gasteiger partial charge in [-0.3, -0.25) is 19.7 Å². The fourth-order valence-corrected chi connectivity index (χ4v) is 9.23. The highest BCUT2D eigenvalue weighted by molar-refractivity contribution is 7.99. The molecule has 1 saturated carbocycles. The molecule has 1 aromatic heterocycles. The summed E-state index contributed by atoms with van der Waals surface area (Å²) in [6, 6.07) is 36.0. The number of piperazine rings is 1. The average molecular weight is 792 g/mol. The number of hydrogen-bond acceptors (Lipinski definition) is 10. The first-order chi connectivity index (χ1) is 26.6. The molecule has 14 heteroatoms. The van der Waals surface area contributed by atoms with Crippen molar-refractivity contribution >= 4 is 67.2 Å². The Labute approximate surface area is 329 Å². The van der Waals surface area contributed by atoms with Crippen LogP contribution in [0.3, 0.4) is 0 Å². The molecule has 0 atom stereocenters. The van der Waals surface area contributed by atoms with Crippen LogP contribution in [0.4, 0.5) is 22.9 Å². The van der Waals surface area contributed by atoms with Crippen LogP contribution < -0.4 is 14.9 Å². The number of aromatic nitrogens is 2. The van der Waals surface area contributed by atoms with Crippen molar-refractivity contribution in [2.75, 3.05) is 46.9 Å². The van der Waals surface area contributed by atoms with E-state index in [1.807, 2.05) is 60.7 Å². The minimum absolute atomic E-state index is 0.0976. The highest BCUT2D eigenvalue weighted by Gasteiger charge is 2.44. The zero-order valence-electron chi connectivity index (χ0n) is 29.8. The second-order valence-electron chi connectivity index (χ2n) is 13.9. The minimum atomic E-state index is -4.24. The summed E-state index contributed by atoms with van der Waals surface area (Å²) in [5.41, 5.74) is 4.86. The molecular weight excluding hydrogens is 754 g/mol. The summed E-state index contributed by atoms with van der Waals surface area (Å²) in [5, 5.41) is 16.8. The highest BCUT2D eigenvalue weighted by Crippen LogP contribution is 2.45. The van der Waals surface area contributed by atoms with E-state index in [1.165, 1.54) is 29.6 Å². The summed E-state index contributed by atoms with van der Waals surface area (Å²) in [5.74, 6) is 0.829. The number of halogens is 1. The predicted molar refractivity (Wildman–Crippen MR) is 221 cm³/mol. The summed E-state index contributed by atoms with van der Waals surface area (Å²) in [6.07, 6.45) is 3.05. The Kier molecular flexibility index (Phi) is 10.4. The number of nitrogens with one attached hydrogen (secondary N) is 2. The van der Waals surface area contributed by atoms with Crippen LogP contribution in [-0.2, 0) is 16.6 Å². The molecule has 0 amide bonds. The van der Waals surface area contributed by atoms with Gasteiger partial charge in [0.15, 0.2) is 5.82 Å². The number of anilines is 3. The van der Waals surface area contributed by atoms with E-state index in [0.29, 0.717) is 21.6 Å². The van der Waals surface area contributed by atoms with Crippen molar-refractivity contribution in [1.29, 1.82) is 0 Å². The van der Waals surface area contributed by atoms with Gasteiger partial charge in [0.1, 0.15) is 12.0 Å². The number of rotatable bonds is 13. The van der Waals surface area contributed by atoms with Crippen molar-refractivity contribution < 1.29 is 13.3 Å². The maximum absolute atomic E-state index is 13.6. The lowest BCUT2D eigenvalue weighted by atomic mass is 9.99. The lowest BCUT2D eigenvalue weighted by molar-refractivity contribution is -0.384. The summed E-state index contributed by atoms with van der Waals surface area (Å²) >= 11 is 7.82. The van der Waals surface area contributed by atoms with Gasteiger partial charge >= 0.3 is 0 Å². The quantitative estimate of drug-likeness (QED) is 0.0665. The molecule has 1 saturated heterocycles. The largest absolute Gasteiger partial charge is 0.373 e. The van der Waals surface area contributed by atoms with E-state index < -0.39 is 14.9 Å². The van der Waals surface area contributed by atoms with Crippen molar-refractivity contribution in [1.82, 2.24) is 14.9 Å². The average Bonchev–Trinajstić information content (AvgIpc) is 3.97. The Balaban J connectivity index is 0.932. The van der Waals surface area contributed by atoms with Crippen molar-refractivity contribution in [3.63, 3.8) is 0 Å². The van der Waals surface area contributed by atoms with Gasteiger partial charge in [-0.25, -0.2) is 18.4 Å². The van der Waals surface area contributed by atoms with Crippen LogP contribution in [0.1, 0.15) is 18.4 Å². The van der Waals surface area contributed by atoms with Crippen LogP contribution in [-0.4, -0.2) is 65.7 Å². The Morgan fingerprint density at radius 2 is 1.60 bits per heavy atom. The summed E-state index contributed by atoms with van der Waals surface area (Å²) in [7, 11) is -4.24. The highest BCUT2D eigenvalue weighted by atomic mass is 35.5. The Morgan fingerprint density at radius 1 is 0.855 bits per heavy atom. The molecule has 1 aliphatic carbocycles. The topological polar surface area (TPSA) is 134 Å². The van der Waals surface area contributed by atoms with E-state index in [9.17, 15) is 18.5 Å². The van der Waals surface area contributed by atoms with Crippen molar-refractivity contribution in [2.45, 2.75) is 34.7 Å². The van der Waals surface area contributed by atoms with Crippen LogP contribution in [0.2, 0.25) is 5.02 Å². The van der Waals surface area contributed by atoms with Gasteiger partial charge < -0.3 is 10.2 Å². The molecule has 11 nitrogen and oxygen atoms in total. The standard InChI is InChI=1S/C41H38ClN7O4S2/c42-31-12-10-29(11-13-31)35-9-5-4-6-30(35)26-47-20-22-48(23-21-47)32-14-16-36-38(24-32)43-28-44-40(36)46-55(52,53)34-15-17-37(39(25-34)49(50)51)45-41(18-19-41)27-54-33-7-2-1-3-8-33/h1-17,24-25,28,45H,18-23,26-27H2,(H,43,44,46). The molecule has 0 spiro atoms. The van der Waals surface area contributed by atoms with Gasteiger partial charge in [-0.05, 0) is 84.1 Å². The van der Waals surface area contributed by atoms with Gasteiger partial charge in [0.2, 0.25) is 0 Å². The number of fused-ring (bicyclic) bond motifs is 1. The summed E-state index contributed by atoms with van der Waals surface area (Å²) in [4.78, 5) is 25.9. The Bertz CT molecular complexity index is 2460. The summed E-state index contributed by atoms with van der Waals surface area (Å²) < 4.78 is 29.8. The molecule has 2 fully saturated rings. The van der Waals surface area contributed by atoms with Crippen molar-refractivity contribution in [3.8, 4) is 11.1 Å². The van der Waals surface area contributed by atoms with Crippen LogP contribution in [0, 0.1) is 10.1 Å². The molecule has 6 aromatic rings. The third-order valence-corrected chi connectivity index (χ3v) is 13.0. The lowest BCUT2D eigenvalue weighted by Crippen LogP contribution is -2.46. The number of sulfonamides is 1. The molecule has 0 unspecified atom stereocenters. The van der Waals surface area contributed by atoms with Gasteiger partial charge in [-0.1, -0.05) is 66.2 Å². The predicted octanol–water partition coefficient (Wildman–Crippen LogP) is 8.72. The molecule has 2 N–H and O–H groups in total. The second-order valence-corrected chi connectivity index (χ2v) is 17.1. The number of nitro groups is 1. The van der Waals surface area contributed by atoms with Crippen molar-refractivity contribution in [3.05, 3.63) is 142 Å². The maximum atomic E-state index is 13.6. The van der Waals surface area contributed by atoms with Crippen LogP contribution in [0.15, 0.2) is 131 Å². The van der Waals surface area contributed by atoms with Gasteiger partial charge in [0.25, 0.3) is 15.7 Å². The first-order valence-electron chi connectivity index (χ1n) is 18.0. The molecule has 280 valence electrons. The Morgan fingerprint density at radius 3 is 2.35 bits per heavy atom. The zero-order valence-corrected chi connectivity index (χ0v) is 32.2. The molecule has 8 rings (SSSR count). The van der Waals surface area contributed by atoms with E-state index >= 15 is 0 Å². The third kappa shape index (κ3) is 8.40. The van der Waals surface area contributed by atoms with E-state index in [2.05, 4.69) is 66.2 Å². The molecule has 0 radical (unpaired) electrons. The number of benzene rings is 5. The van der Waals surface area contributed by atoms with E-state index in [1.54, 1.807) is 11.8 Å². The molecule has 1 aliphatic heterocycles. The normalized spacial score (nSPS) is 15.5. The first kappa shape index (κ1) is 36.8. The van der Waals surface area contributed by atoms with E-state index in [4.69, 9.17) is 11.6 Å². The number of nitrogens with zero attached hydrogens (tertiary/aromatic N) is 5. The molecule has 55 heavy (non-hydrogen) atoms. The van der Waals surface area contributed by atoms with E-state index in [-0.39, 0.29) is 21.9 Å². The van der Waals surface area contributed by atoms with E-state index in [0.717, 1.165) is 73.5 Å². The summed E-state index contributed by atoms with van der Waals surface area (Å²) in [6.45, 7) is 4.20. The first-order valence-corrected chi connectivity index (χ1v) is 20.8. The molecule has 5 aromatic carbocycles. The maximum Gasteiger partial charge on any atom is 0.293 e. The van der Waals surface area contributed by atoms with Crippen LogP contribution in [0.25, 0.3) is 22.0 Å². The number of thioether (sulfide) groups is 1. The second kappa shape index (κ2) is 15.5. The van der Waals surface area contributed by atoms with Crippen molar-refractivity contribution in [2.24, 2.45) is 0 Å². The molecule has 2 heterocycles. The van der Waals surface area contributed by atoms with Gasteiger partial charge in [0, 0.05) is 71.1 Å². The van der Waals surface area contributed by atoms with Gasteiger partial charge in [0.05, 0.1) is 15.3 Å². The SMILES string of the molecule is O=[N+]([O-])c1cc(S(=O)(=O)Nc2ncnc3cc(N4CCN(Cc5ccccc5-c5ccc(Cl)cc5)CC4)ccc23)ccc1NC1(CSc2ccccc2)CC1. The Hall–Kier alpha value is -5.21. The fraction of sp³-hybridized carbons (Fsp3) is 0.220. The van der Waals surface area contributed by atoms with Gasteiger partial charge in [-0.2, -0.15) is 0 Å². The fourth-order valence-electron chi connectivity index (χ4n) is 6.90. The van der Waals surface area contributed by atoms with Crippen LogP contribution >= 0.6 is 23.4 Å². The zero-order chi connectivity index (χ0) is 38.0. The minimum Gasteiger partial charge on any atom is -0.373 e. The molecule has 0 bridgehead atoms. The lowest BCUT2D eigenvalue weighted by Gasteiger charge is -2.36. The number of nitro benzene ring substituents is 1. The van der Waals surface area contributed by atoms with Crippen LogP contribution in [0.5, 0.6) is 0 Å². The monoisotopic (exact) mass is 791 g/mol. The molecular formula is C41H38ClN7O4S2. The van der Waals surface area contributed by atoms with Gasteiger partial charge in [-0.15, -0.1) is 11.8 Å². The number of hydrogen-bond donors (Lipinski definition) is 2.